The molecule has 0 aliphatic rings. The number of H-pyrrole nitrogens is 1. The molecule has 5 heteroatoms. The molecule has 0 aliphatic carbocycles. The summed E-state index contributed by atoms with van der Waals surface area (Å²) >= 11 is 0. The second kappa shape index (κ2) is 3.10. The Bertz CT molecular complexity index is 489. The standard InChI is InChI=1S/C9H10N4O/c1-2-7-11-4-5-3-6(8(10)14)12-9(5)13-7/h3-4H,2H2,1H3,(H2,10,14)(H,11,12,13). The molecule has 2 heterocycles. The highest BCUT2D eigenvalue weighted by molar-refractivity contribution is 5.95. The number of amides is 1. The molecule has 0 unspecified atom stereocenters. The summed E-state index contributed by atoms with van der Waals surface area (Å²) in [6, 6.07) is 1.65. The molecule has 0 bridgehead atoms. The Morgan fingerprint density at radius 2 is 2.43 bits per heavy atom. The van der Waals surface area contributed by atoms with Crippen molar-refractivity contribution in [1.29, 1.82) is 0 Å². The Labute approximate surface area is 80.4 Å². The van der Waals surface area contributed by atoms with Crippen molar-refractivity contribution < 1.29 is 4.79 Å². The number of carbonyl (C=O) groups excluding carboxylic acids is 1. The monoisotopic (exact) mass is 190 g/mol. The van der Waals surface area contributed by atoms with E-state index in [1.807, 2.05) is 6.92 Å². The Balaban J connectivity index is 2.60. The molecule has 0 aliphatic heterocycles. The predicted octanol–water partition coefficient (Wildman–Crippen LogP) is 0.619. The number of fused-ring (bicyclic) bond motifs is 1. The maximum Gasteiger partial charge on any atom is 0.265 e. The second-order valence-corrected chi connectivity index (χ2v) is 2.99. The minimum atomic E-state index is -0.485. The van der Waals surface area contributed by atoms with Gasteiger partial charge in [-0.05, 0) is 6.07 Å². The van der Waals surface area contributed by atoms with Crippen molar-refractivity contribution in [3.8, 4) is 0 Å². The van der Waals surface area contributed by atoms with Crippen molar-refractivity contribution in [3.05, 3.63) is 23.8 Å². The quantitative estimate of drug-likeness (QED) is 0.727. The minimum Gasteiger partial charge on any atom is -0.364 e. The third-order valence-electron chi connectivity index (χ3n) is 2.00. The van der Waals surface area contributed by atoms with Crippen LogP contribution in [0.4, 0.5) is 0 Å². The van der Waals surface area contributed by atoms with Crippen LogP contribution in [-0.4, -0.2) is 20.9 Å². The fourth-order valence-electron chi connectivity index (χ4n) is 1.26. The molecule has 2 aromatic heterocycles. The summed E-state index contributed by atoms with van der Waals surface area (Å²) in [5.74, 6) is 0.261. The number of hydrogen-bond acceptors (Lipinski definition) is 3. The molecule has 0 atom stereocenters. The first-order chi connectivity index (χ1) is 6.70. The Kier molecular flexibility index (Phi) is 1.92. The first-order valence-electron chi connectivity index (χ1n) is 4.35. The van der Waals surface area contributed by atoms with Crippen LogP contribution in [0.5, 0.6) is 0 Å². The van der Waals surface area contributed by atoms with Crippen molar-refractivity contribution in [3.63, 3.8) is 0 Å². The molecule has 2 aromatic rings. The lowest BCUT2D eigenvalue weighted by molar-refractivity contribution is 0.0996. The van der Waals surface area contributed by atoms with Crippen molar-refractivity contribution in [2.45, 2.75) is 13.3 Å². The van der Waals surface area contributed by atoms with Crippen LogP contribution in [-0.2, 0) is 6.42 Å². The molecule has 5 nitrogen and oxygen atoms in total. The van der Waals surface area contributed by atoms with Gasteiger partial charge in [-0.1, -0.05) is 6.92 Å². The van der Waals surface area contributed by atoms with Gasteiger partial charge in [0.2, 0.25) is 0 Å². The fraction of sp³-hybridized carbons (Fsp3) is 0.222. The van der Waals surface area contributed by atoms with Gasteiger partial charge in [-0.15, -0.1) is 0 Å². The molecule has 0 aromatic carbocycles. The number of nitrogens with one attached hydrogen (secondary N) is 1. The van der Waals surface area contributed by atoms with Gasteiger partial charge >= 0.3 is 0 Å². The van der Waals surface area contributed by atoms with Crippen molar-refractivity contribution in [2.75, 3.05) is 0 Å². The van der Waals surface area contributed by atoms with Crippen LogP contribution in [0.1, 0.15) is 23.2 Å². The molecular formula is C9H10N4O. The molecule has 2 rings (SSSR count). The summed E-state index contributed by atoms with van der Waals surface area (Å²) < 4.78 is 0. The van der Waals surface area contributed by atoms with E-state index in [4.69, 9.17) is 5.73 Å². The molecule has 0 radical (unpaired) electrons. The zero-order valence-electron chi connectivity index (χ0n) is 7.74. The summed E-state index contributed by atoms with van der Waals surface area (Å²) in [4.78, 5) is 22.0. The lowest BCUT2D eigenvalue weighted by Crippen LogP contribution is -2.10. The minimum absolute atomic E-state index is 0.363. The lowest BCUT2D eigenvalue weighted by atomic mass is 10.3. The molecule has 0 saturated heterocycles. The van der Waals surface area contributed by atoms with Gasteiger partial charge in [0.1, 0.15) is 17.2 Å². The highest BCUT2D eigenvalue weighted by Crippen LogP contribution is 2.11. The number of carbonyl (C=O) groups is 1. The number of rotatable bonds is 2. The average molecular weight is 190 g/mol. The summed E-state index contributed by atoms with van der Waals surface area (Å²) in [5, 5.41) is 0.802. The van der Waals surface area contributed by atoms with E-state index in [2.05, 4.69) is 15.0 Å². The Morgan fingerprint density at radius 1 is 1.64 bits per heavy atom. The number of aryl methyl sites for hydroxylation is 1. The molecule has 0 saturated carbocycles. The Morgan fingerprint density at radius 3 is 3.07 bits per heavy atom. The van der Waals surface area contributed by atoms with Crippen LogP contribution >= 0.6 is 0 Å². The fourth-order valence-corrected chi connectivity index (χ4v) is 1.26. The van der Waals surface area contributed by atoms with Crippen LogP contribution in [0.3, 0.4) is 0 Å². The van der Waals surface area contributed by atoms with Gasteiger partial charge in [0.15, 0.2) is 0 Å². The number of primary amides is 1. The summed E-state index contributed by atoms with van der Waals surface area (Å²) in [6.07, 6.45) is 2.45. The number of aromatic amines is 1. The first-order valence-corrected chi connectivity index (χ1v) is 4.35. The van der Waals surface area contributed by atoms with E-state index >= 15 is 0 Å². The van der Waals surface area contributed by atoms with Gasteiger partial charge in [-0.25, -0.2) is 9.97 Å². The van der Waals surface area contributed by atoms with E-state index in [1.165, 1.54) is 0 Å². The molecule has 1 amide bonds. The summed E-state index contributed by atoms with van der Waals surface area (Å²) in [6.45, 7) is 1.97. The van der Waals surface area contributed by atoms with Gasteiger partial charge in [0.05, 0.1) is 0 Å². The van der Waals surface area contributed by atoms with Crippen LogP contribution in [0.2, 0.25) is 0 Å². The average Bonchev–Trinajstić information content (AvgIpc) is 2.59. The SMILES string of the molecule is CCc1ncc2cc(C(N)=O)[nH]c2n1. The number of aromatic nitrogens is 3. The topological polar surface area (TPSA) is 84.7 Å². The van der Waals surface area contributed by atoms with E-state index in [9.17, 15) is 4.79 Å². The molecule has 0 spiro atoms. The third kappa shape index (κ3) is 1.32. The molecule has 0 fully saturated rings. The van der Waals surface area contributed by atoms with Crippen LogP contribution in [0, 0.1) is 0 Å². The van der Waals surface area contributed by atoms with Gasteiger partial charge in [0, 0.05) is 18.0 Å². The van der Waals surface area contributed by atoms with E-state index in [1.54, 1.807) is 12.3 Å². The third-order valence-corrected chi connectivity index (χ3v) is 2.00. The van der Waals surface area contributed by atoms with Gasteiger partial charge in [-0.2, -0.15) is 0 Å². The first kappa shape index (κ1) is 8.68. The zero-order valence-corrected chi connectivity index (χ0v) is 7.74. The van der Waals surface area contributed by atoms with Crippen molar-refractivity contribution >= 4 is 16.9 Å². The molecule has 72 valence electrons. The van der Waals surface area contributed by atoms with Crippen LogP contribution in [0.25, 0.3) is 11.0 Å². The van der Waals surface area contributed by atoms with Crippen molar-refractivity contribution in [1.82, 2.24) is 15.0 Å². The highest BCUT2D eigenvalue weighted by Gasteiger charge is 2.06. The molecule has 3 N–H and O–H groups in total. The maximum atomic E-state index is 10.9. The van der Waals surface area contributed by atoms with Gasteiger partial charge < -0.3 is 10.7 Å². The normalized spacial score (nSPS) is 10.6. The smallest absolute Gasteiger partial charge is 0.265 e. The molecular weight excluding hydrogens is 180 g/mol. The van der Waals surface area contributed by atoms with Gasteiger partial charge in [-0.3, -0.25) is 4.79 Å². The van der Waals surface area contributed by atoms with E-state index in [0.29, 0.717) is 11.3 Å². The highest BCUT2D eigenvalue weighted by atomic mass is 16.1. The van der Waals surface area contributed by atoms with E-state index in [0.717, 1.165) is 17.6 Å². The van der Waals surface area contributed by atoms with Crippen molar-refractivity contribution in [2.24, 2.45) is 5.73 Å². The largest absolute Gasteiger partial charge is 0.364 e. The van der Waals surface area contributed by atoms with Crippen LogP contribution < -0.4 is 5.73 Å². The number of nitrogens with zero attached hydrogens (tertiary/aromatic N) is 2. The summed E-state index contributed by atoms with van der Waals surface area (Å²) in [7, 11) is 0. The molecule has 14 heavy (non-hydrogen) atoms. The number of hydrogen-bond donors (Lipinski definition) is 2. The lowest BCUT2D eigenvalue weighted by Gasteiger charge is -1.93. The second-order valence-electron chi connectivity index (χ2n) is 2.99. The van der Waals surface area contributed by atoms with E-state index < -0.39 is 5.91 Å². The maximum absolute atomic E-state index is 10.9. The summed E-state index contributed by atoms with van der Waals surface area (Å²) in [5.41, 5.74) is 6.15. The van der Waals surface area contributed by atoms with Crippen LogP contribution in [0.15, 0.2) is 12.3 Å². The zero-order chi connectivity index (χ0) is 10.1. The number of nitrogens with two attached hydrogens (primary N) is 1. The Hall–Kier alpha value is -1.91. The van der Waals surface area contributed by atoms with Gasteiger partial charge in [0.25, 0.3) is 5.91 Å². The van der Waals surface area contributed by atoms with E-state index in [-0.39, 0.29) is 0 Å². The predicted molar refractivity (Wildman–Crippen MR) is 51.8 cm³/mol.